The Kier molecular flexibility index (Phi) is 7.84. The smallest absolute Gasteiger partial charge is 0.252 e. The molecule has 1 atom stereocenters. The second-order valence-corrected chi connectivity index (χ2v) is 10.0. The Morgan fingerprint density at radius 1 is 0.974 bits per heavy atom. The molecule has 2 aromatic heterocycles. The number of tetrazole rings is 1. The van der Waals surface area contributed by atoms with Crippen LogP contribution in [0, 0.1) is 13.8 Å². The van der Waals surface area contributed by atoms with E-state index in [1.807, 2.05) is 66.2 Å². The molecule has 0 saturated carbocycles. The van der Waals surface area contributed by atoms with Crippen molar-refractivity contribution in [2.75, 3.05) is 7.11 Å². The van der Waals surface area contributed by atoms with Crippen LogP contribution in [0.4, 0.5) is 0 Å². The van der Waals surface area contributed by atoms with E-state index in [1.165, 1.54) is 0 Å². The number of pyridine rings is 1. The monoisotopic (exact) mass is 522 g/mol. The molecule has 0 aliphatic carbocycles. The van der Waals surface area contributed by atoms with E-state index in [9.17, 15) is 4.79 Å². The highest BCUT2D eigenvalue weighted by atomic mass is 16.5. The Balaban J connectivity index is 1.51. The maximum absolute atomic E-state index is 13.3. The molecule has 0 fully saturated rings. The molecule has 5 aromatic rings. The third-order valence-corrected chi connectivity index (χ3v) is 7.17. The molecular formula is C31H34N6O2. The molecule has 8 heteroatoms. The molecule has 1 N–H and O–H groups in total. The van der Waals surface area contributed by atoms with Gasteiger partial charge in [-0.15, -0.1) is 5.10 Å². The molecule has 0 radical (unpaired) electrons. The normalized spacial score (nSPS) is 12.2. The third-order valence-electron chi connectivity index (χ3n) is 7.17. The second kappa shape index (κ2) is 11.6. The lowest BCUT2D eigenvalue weighted by atomic mass is 10.0. The maximum Gasteiger partial charge on any atom is 0.252 e. The van der Waals surface area contributed by atoms with Crippen LogP contribution in [0.25, 0.3) is 10.9 Å². The summed E-state index contributed by atoms with van der Waals surface area (Å²) >= 11 is 0. The molecule has 0 spiro atoms. The summed E-state index contributed by atoms with van der Waals surface area (Å²) in [4.78, 5) is 18.7. The standard InChI is InChI=1S/C31H34N6O2/c1-5-29(30-33-34-35-37(30)19-24-11-13-26(39-4)14-12-24)36(18-23-9-7-6-8-10-23)20-25-17-27-22(3)15-21(2)16-28(27)32-31(25)38/h6-17,29H,5,18-20H2,1-4H3,(H,32,38)/t29-/m0/s1. The number of hydrogen-bond donors (Lipinski definition) is 1. The minimum atomic E-state index is -0.104. The van der Waals surface area contributed by atoms with E-state index in [4.69, 9.17) is 4.74 Å². The van der Waals surface area contributed by atoms with Gasteiger partial charge in [0.1, 0.15) is 5.75 Å². The number of aromatic amines is 1. The van der Waals surface area contributed by atoms with Crippen molar-refractivity contribution in [2.24, 2.45) is 0 Å². The number of ether oxygens (including phenoxy) is 1. The van der Waals surface area contributed by atoms with Gasteiger partial charge in [0, 0.05) is 29.6 Å². The van der Waals surface area contributed by atoms with Crippen molar-refractivity contribution in [1.82, 2.24) is 30.1 Å². The van der Waals surface area contributed by atoms with Crippen molar-refractivity contribution < 1.29 is 4.74 Å². The summed E-state index contributed by atoms with van der Waals surface area (Å²) < 4.78 is 7.15. The van der Waals surface area contributed by atoms with E-state index < -0.39 is 0 Å². The fourth-order valence-corrected chi connectivity index (χ4v) is 5.22. The molecule has 0 amide bonds. The summed E-state index contributed by atoms with van der Waals surface area (Å²) in [6.07, 6.45) is 0.777. The minimum absolute atomic E-state index is 0.0711. The summed E-state index contributed by atoms with van der Waals surface area (Å²) in [5.74, 6) is 1.58. The predicted octanol–water partition coefficient (Wildman–Crippen LogP) is 5.34. The van der Waals surface area contributed by atoms with Gasteiger partial charge in [-0.05, 0) is 77.2 Å². The average Bonchev–Trinajstić information content (AvgIpc) is 3.38. The number of rotatable bonds is 10. The molecule has 39 heavy (non-hydrogen) atoms. The molecule has 2 heterocycles. The van der Waals surface area contributed by atoms with E-state index in [0.29, 0.717) is 19.6 Å². The van der Waals surface area contributed by atoms with Crippen LogP contribution in [0.2, 0.25) is 0 Å². The molecule has 3 aromatic carbocycles. The van der Waals surface area contributed by atoms with Crippen LogP contribution in [-0.2, 0) is 19.6 Å². The highest BCUT2D eigenvalue weighted by molar-refractivity contribution is 5.83. The number of benzene rings is 3. The van der Waals surface area contributed by atoms with Gasteiger partial charge in [-0.1, -0.05) is 55.5 Å². The van der Waals surface area contributed by atoms with Crippen LogP contribution >= 0.6 is 0 Å². The van der Waals surface area contributed by atoms with Gasteiger partial charge in [0.05, 0.1) is 19.7 Å². The van der Waals surface area contributed by atoms with Gasteiger partial charge in [0.2, 0.25) is 0 Å². The van der Waals surface area contributed by atoms with Crippen LogP contribution < -0.4 is 10.3 Å². The van der Waals surface area contributed by atoms with Crippen LogP contribution in [0.5, 0.6) is 5.75 Å². The van der Waals surface area contributed by atoms with Gasteiger partial charge >= 0.3 is 0 Å². The number of aromatic nitrogens is 5. The predicted molar refractivity (Wildman–Crippen MR) is 153 cm³/mol. The number of methoxy groups -OCH3 is 1. The molecule has 0 bridgehead atoms. The Morgan fingerprint density at radius 2 is 1.74 bits per heavy atom. The van der Waals surface area contributed by atoms with Crippen molar-refractivity contribution in [1.29, 1.82) is 0 Å². The molecule has 0 aliphatic rings. The lowest BCUT2D eigenvalue weighted by Crippen LogP contribution is -2.32. The summed E-state index contributed by atoms with van der Waals surface area (Å²) in [5, 5.41) is 13.9. The van der Waals surface area contributed by atoms with Gasteiger partial charge in [0.25, 0.3) is 5.56 Å². The number of aryl methyl sites for hydroxylation is 2. The first-order valence-corrected chi connectivity index (χ1v) is 13.2. The lowest BCUT2D eigenvalue weighted by Gasteiger charge is -2.30. The molecule has 5 rings (SSSR count). The molecule has 0 saturated heterocycles. The minimum Gasteiger partial charge on any atom is -0.497 e. The first kappa shape index (κ1) is 26.3. The van der Waals surface area contributed by atoms with Crippen molar-refractivity contribution >= 4 is 10.9 Å². The lowest BCUT2D eigenvalue weighted by molar-refractivity contribution is 0.161. The summed E-state index contributed by atoms with van der Waals surface area (Å²) in [6.45, 7) is 7.91. The zero-order valence-electron chi connectivity index (χ0n) is 22.9. The fraction of sp³-hybridized carbons (Fsp3) is 0.290. The van der Waals surface area contributed by atoms with Crippen LogP contribution in [0.3, 0.4) is 0 Å². The summed E-state index contributed by atoms with van der Waals surface area (Å²) in [7, 11) is 1.66. The van der Waals surface area contributed by atoms with Crippen LogP contribution in [-0.4, -0.2) is 37.2 Å². The molecule has 0 unspecified atom stereocenters. The first-order valence-electron chi connectivity index (χ1n) is 13.2. The molecule has 8 nitrogen and oxygen atoms in total. The fourth-order valence-electron chi connectivity index (χ4n) is 5.22. The molecular weight excluding hydrogens is 488 g/mol. The Labute approximate surface area is 228 Å². The van der Waals surface area contributed by atoms with E-state index >= 15 is 0 Å². The van der Waals surface area contributed by atoms with Gasteiger partial charge in [-0.2, -0.15) is 0 Å². The van der Waals surface area contributed by atoms with Gasteiger partial charge in [-0.3, -0.25) is 9.69 Å². The van der Waals surface area contributed by atoms with Crippen molar-refractivity contribution in [3.05, 3.63) is 117 Å². The quantitative estimate of drug-likeness (QED) is 0.266. The van der Waals surface area contributed by atoms with Crippen LogP contribution in [0.1, 0.15) is 53.0 Å². The van der Waals surface area contributed by atoms with Crippen molar-refractivity contribution in [2.45, 2.75) is 52.9 Å². The SMILES string of the molecule is CC[C@@H](c1nnnn1Cc1ccc(OC)cc1)N(Cc1ccccc1)Cc1cc2c(C)cc(C)cc2[nH]c1=O. The Morgan fingerprint density at radius 3 is 2.46 bits per heavy atom. The highest BCUT2D eigenvalue weighted by Gasteiger charge is 2.26. The number of fused-ring (bicyclic) bond motifs is 1. The number of hydrogen-bond acceptors (Lipinski definition) is 6. The highest BCUT2D eigenvalue weighted by Crippen LogP contribution is 2.27. The largest absolute Gasteiger partial charge is 0.497 e. The second-order valence-electron chi connectivity index (χ2n) is 10.0. The number of nitrogens with zero attached hydrogens (tertiary/aromatic N) is 5. The van der Waals surface area contributed by atoms with Gasteiger partial charge in [0.15, 0.2) is 5.82 Å². The number of nitrogens with one attached hydrogen (secondary N) is 1. The molecule has 0 aliphatic heterocycles. The summed E-state index contributed by atoms with van der Waals surface area (Å²) in [5.41, 5.74) is 6.03. The van der Waals surface area contributed by atoms with E-state index in [1.54, 1.807) is 7.11 Å². The third kappa shape index (κ3) is 5.91. The first-order chi connectivity index (χ1) is 18.9. The maximum atomic E-state index is 13.3. The zero-order chi connectivity index (χ0) is 27.4. The zero-order valence-corrected chi connectivity index (χ0v) is 22.9. The van der Waals surface area contributed by atoms with Crippen molar-refractivity contribution in [3.8, 4) is 5.75 Å². The summed E-state index contributed by atoms with van der Waals surface area (Å²) in [6, 6.07) is 24.3. The van der Waals surface area contributed by atoms with Gasteiger partial charge < -0.3 is 9.72 Å². The van der Waals surface area contributed by atoms with E-state index in [2.05, 4.69) is 57.5 Å². The Hall–Kier alpha value is -4.30. The van der Waals surface area contributed by atoms with E-state index in [0.717, 1.165) is 56.7 Å². The van der Waals surface area contributed by atoms with Crippen LogP contribution in [0.15, 0.2) is 77.6 Å². The molecule has 200 valence electrons. The average molecular weight is 523 g/mol. The topological polar surface area (TPSA) is 88.9 Å². The van der Waals surface area contributed by atoms with E-state index in [-0.39, 0.29) is 11.6 Å². The van der Waals surface area contributed by atoms with Crippen molar-refractivity contribution in [3.63, 3.8) is 0 Å². The number of H-pyrrole nitrogens is 1. The Bertz CT molecular complexity index is 1610. The van der Waals surface area contributed by atoms with Gasteiger partial charge in [-0.25, -0.2) is 4.68 Å².